The van der Waals surface area contributed by atoms with E-state index in [1.54, 1.807) is 18.3 Å². The maximum atomic E-state index is 13.3. The van der Waals surface area contributed by atoms with Crippen LogP contribution >= 0.6 is 11.3 Å². The van der Waals surface area contributed by atoms with E-state index in [4.69, 9.17) is 4.42 Å². The number of nitrogens with zero attached hydrogens (tertiary/aromatic N) is 1. The smallest absolute Gasteiger partial charge is 0.289 e. The molecule has 3 heterocycles. The van der Waals surface area contributed by atoms with Crippen LogP contribution in [0.4, 0.5) is 0 Å². The first kappa shape index (κ1) is 23.0. The van der Waals surface area contributed by atoms with Crippen LogP contribution in [0.25, 0.3) is 11.0 Å². The zero-order chi connectivity index (χ0) is 22.9. The second-order valence-corrected chi connectivity index (χ2v) is 11.3. The van der Waals surface area contributed by atoms with Crippen LogP contribution in [0, 0.1) is 20.8 Å². The summed E-state index contributed by atoms with van der Waals surface area (Å²) in [6.45, 7) is 7.24. The second kappa shape index (κ2) is 9.37. The number of sulfonamides is 1. The summed E-state index contributed by atoms with van der Waals surface area (Å²) in [6.07, 6.45) is 4.84. The van der Waals surface area contributed by atoms with Crippen LogP contribution in [0.5, 0.6) is 0 Å². The molecule has 1 aliphatic rings. The Hall–Kier alpha value is -2.16. The molecule has 32 heavy (non-hydrogen) atoms. The summed E-state index contributed by atoms with van der Waals surface area (Å²) in [6, 6.07) is 5.87. The van der Waals surface area contributed by atoms with Crippen LogP contribution in [0.1, 0.15) is 57.8 Å². The molecular weight excluding hydrogens is 444 g/mol. The molecular formula is C24H30N2O4S2. The van der Waals surface area contributed by atoms with E-state index in [0.29, 0.717) is 42.6 Å². The van der Waals surface area contributed by atoms with Crippen LogP contribution in [-0.2, 0) is 16.4 Å². The van der Waals surface area contributed by atoms with Gasteiger partial charge in [-0.05, 0) is 68.7 Å². The molecule has 0 saturated carbocycles. The zero-order valence-electron chi connectivity index (χ0n) is 18.9. The van der Waals surface area contributed by atoms with E-state index in [1.165, 1.54) is 0 Å². The Labute approximate surface area is 193 Å². The van der Waals surface area contributed by atoms with Crippen molar-refractivity contribution in [2.24, 2.45) is 0 Å². The van der Waals surface area contributed by atoms with Gasteiger partial charge in [0.15, 0.2) is 11.3 Å². The van der Waals surface area contributed by atoms with Crippen molar-refractivity contribution in [1.29, 1.82) is 0 Å². The number of thiophene rings is 1. The second-order valence-electron chi connectivity index (χ2n) is 8.51. The third-order valence-electron chi connectivity index (χ3n) is 6.29. The number of aryl methyl sites for hydroxylation is 2. The van der Waals surface area contributed by atoms with Crippen molar-refractivity contribution in [3.63, 3.8) is 0 Å². The third-order valence-corrected chi connectivity index (χ3v) is 8.84. The summed E-state index contributed by atoms with van der Waals surface area (Å²) in [5.41, 5.74) is 2.47. The molecule has 4 rings (SSSR count). The van der Waals surface area contributed by atoms with E-state index < -0.39 is 10.0 Å². The van der Waals surface area contributed by atoms with E-state index in [-0.39, 0.29) is 22.1 Å². The number of nitrogens with one attached hydrogen (secondary N) is 1. The van der Waals surface area contributed by atoms with Crippen molar-refractivity contribution in [2.45, 2.75) is 57.8 Å². The predicted octanol–water partition coefficient (Wildman–Crippen LogP) is 4.96. The third kappa shape index (κ3) is 4.49. The van der Waals surface area contributed by atoms with Gasteiger partial charge >= 0.3 is 0 Å². The van der Waals surface area contributed by atoms with E-state index >= 15 is 0 Å². The van der Waals surface area contributed by atoms with Gasteiger partial charge in [-0.2, -0.15) is 0 Å². The lowest BCUT2D eigenvalue weighted by Gasteiger charge is -2.19. The Morgan fingerprint density at radius 1 is 1.12 bits per heavy atom. The molecule has 8 heteroatoms. The molecule has 1 saturated heterocycles. The summed E-state index contributed by atoms with van der Waals surface area (Å²) < 4.78 is 35.4. The first-order valence-electron chi connectivity index (χ1n) is 11.1. The quantitative estimate of drug-likeness (QED) is 0.548. The number of hydrogen-bond acceptors (Lipinski definition) is 5. The van der Waals surface area contributed by atoms with Gasteiger partial charge in [-0.1, -0.05) is 18.9 Å². The van der Waals surface area contributed by atoms with Crippen LogP contribution < -0.4 is 4.72 Å². The Balaban J connectivity index is 1.71. The molecule has 1 fully saturated rings. The van der Waals surface area contributed by atoms with Crippen molar-refractivity contribution in [2.75, 3.05) is 19.6 Å². The van der Waals surface area contributed by atoms with Crippen molar-refractivity contribution in [3.8, 4) is 0 Å². The molecule has 0 atom stereocenters. The lowest BCUT2D eigenvalue weighted by molar-refractivity contribution is 0.0731. The van der Waals surface area contributed by atoms with Gasteiger partial charge in [0.25, 0.3) is 5.91 Å². The van der Waals surface area contributed by atoms with Gasteiger partial charge in [0, 0.05) is 35.5 Å². The highest BCUT2D eigenvalue weighted by Crippen LogP contribution is 2.35. The predicted molar refractivity (Wildman–Crippen MR) is 128 cm³/mol. The Morgan fingerprint density at radius 2 is 1.84 bits per heavy atom. The van der Waals surface area contributed by atoms with Gasteiger partial charge in [-0.3, -0.25) is 4.79 Å². The number of likely N-dealkylation sites (tertiary alicyclic amines) is 1. The summed E-state index contributed by atoms with van der Waals surface area (Å²) in [5, 5.41) is 2.66. The SMILES string of the molecule is Cc1cc2c(C)c(C(=O)N3CCCCCC3)oc2c(S(=O)(=O)NCCc2cccs2)c1C. The molecule has 1 amide bonds. The molecule has 1 aliphatic heterocycles. The van der Waals surface area contributed by atoms with Crippen molar-refractivity contribution < 1.29 is 17.6 Å². The van der Waals surface area contributed by atoms with Gasteiger partial charge < -0.3 is 9.32 Å². The monoisotopic (exact) mass is 474 g/mol. The number of rotatable bonds is 6. The van der Waals surface area contributed by atoms with Crippen molar-refractivity contribution in [1.82, 2.24) is 9.62 Å². The van der Waals surface area contributed by atoms with Gasteiger partial charge in [0.2, 0.25) is 10.0 Å². The van der Waals surface area contributed by atoms with Gasteiger partial charge in [0.1, 0.15) is 4.90 Å². The molecule has 6 nitrogen and oxygen atoms in total. The molecule has 0 radical (unpaired) electrons. The maximum Gasteiger partial charge on any atom is 0.289 e. The number of amides is 1. The number of hydrogen-bond donors (Lipinski definition) is 1. The summed E-state index contributed by atoms with van der Waals surface area (Å²) >= 11 is 1.61. The van der Waals surface area contributed by atoms with Crippen LogP contribution in [0.15, 0.2) is 32.9 Å². The molecule has 0 bridgehead atoms. The van der Waals surface area contributed by atoms with Gasteiger partial charge in [0.05, 0.1) is 0 Å². The topological polar surface area (TPSA) is 79.6 Å². The zero-order valence-corrected chi connectivity index (χ0v) is 20.5. The highest BCUT2D eigenvalue weighted by molar-refractivity contribution is 7.89. The molecule has 1 aromatic carbocycles. The average molecular weight is 475 g/mol. The lowest BCUT2D eigenvalue weighted by atomic mass is 10.0. The van der Waals surface area contributed by atoms with Crippen LogP contribution in [-0.4, -0.2) is 38.9 Å². The first-order chi connectivity index (χ1) is 15.3. The molecule has 1 N–H and O–H groups in total. The minimum atomic E-state index is -3.82. The average Bonchev–Trinajstić information content (AvgIpc) is 3.27. The van der Waals surface area contributed by atoms with E-state index in [1.807, 2.05) is 42.3 Å². The fraction of sp³-hybridized carbons (Fsp3) is 0.458. The number of carbonyl (C=O) groups is 1. The summed E-state index contributed by atoms with van der Waals surface area (Å²) in [7, 11) is -3.82. The molecule has 0 aliphatic carbocycles. The van der Waals surface area contributed by atoms with E-state index in [2.05, 4.69) is 4.72 Å². The Kier molecular flexibility index (Phi) is 6.74. The summed E-state index contributed by atoms with van der Waals surface area (Å²) in [4.78, 5) is 16.3. The highest BCUT2D eigenvalue weighted by Gasteiger charge is 2.29. The highest BCUT2D eigenvalue weighted by atomic mass is 32.2. The number of benzene rings is 1. The fourth-order valence-corrected chi connectivity index (χ4v) is 6.51. The Bertz CT molecular complexity index is 1220. The maximum absolute atomic E-state index is 13.3. The summed E-state index contributed by atoms with van der Waals surface area (Å²) in [5.74, 6) is 0.104. The number of carbonyl (C=O) groups excluding carboxylic acids is 1. The lowest BCUT2D eigenvalue weighted by Crippen LogP contribution is -2.31. The van der Waals surface area contributed by atoms with E-state index in [0.717, 1.165) is 36.1 Å². The Morgan fingerprint density at radius 3 is 2.50 bits per heavy atom. The van der Waals surface area contributed by atoms with Crippen LogP contribution in [0.3, 0.4) is 0 Å². The van der Waals surface area contributed by atoms with E-state index in [9.17, 15) is 13.2 Å². The minimum absolute atomic E-state index is 0.136. The number of fused-ring (bicyclic) bond motifs is 1. The van der Waals surface area contributed by atoms with Gasteiger partial charge in [-0.25, -0.2) is 13.1 Å². The molecule has 2 aromatic heterocycles. The van der Waals surface area contributed by atoms with Crippen molar-refractivity contribution >= 4 is 38.2 Å². The standard InChI is InChI=1S/C24H30N2O4S2/c1-16-15-20-18(3)21(24(27)26-12-6-4-5-7-13-26)30-22(20)23(17(16)2)32(28,29)25-11-10-19-9-8-14-31-19/h8-9,14-15,25H,4-7,10-13H2,1-3H3. The fourth-order valence-electron chi connectivity index (χ4n) is 4.32. The number of furan rings is 1. The van der Waals surface area contributed by atoms with Crippen molar-refractivity contribution in [3.05, 3.63) is 50.9 Å². The normalized spacial score (nSPS) is 15.3. The molecule has 3 aromatic rings. The molecule has 0 spiro atoms. The van der Waals surface area contributed by atoms with Crippen LogP contribution in [0.2, 0.25) is 0 Å². The molecule has 0 unspecified atom stereocenters. The van der Waals surface area contributed by atoms with Gasteiger partial charge in [-0.15, -0.1) is 11.3 Å². The molecule has 172 valence electrons. The largest absolute Gasteiger partial charge is 0.449 e. The minimum Gasteiger partial charge on any atom is -0.449 e. The first-order valence-corrected chi connectivity index (χ1v) is 13.5.